The molecule has 0 bridgehead atoms. The van der Waals surface area contributed by atoms with E-state index in [0.29, 0.717) is 22.6 Å². The second-order valence-electron chi connectivity index (χ2n) is 4.87. The SMILES string of the molecule is CC1CN(S(=O)(=O)c2ccc(Cl)c(Br)c2)CC(C)N1.Cl. The molecule has 1 aliphatic heterocycles. The molecule has 1 saturated heterocycles. The van der Waals surface area contributed by atoms with Gasteiger partial charge in [-0.2, -0.15) is 4.31 Å². The van der Waals surface area contributed by atoms with Crippen LogP contribution < -0.4 is 5.32 Å². The molecular formula is C12H17BrCl2N2O2S. The summed E-state index contributed by atoms with van der Waals surface area (Å²) in [5, 5.41) is 3.82. The van der Waals surface area contributed by atoms with Gasteiger partial charge in [-0.15, -0.1) is 12.4 Å². The molecule has 0 spiro atoms. The first-order valence-corrected chi connectivity index (χ1v) is 8.63. The van der Waals surface area contributed by atoms with Crippen molar-refractivity contribution in [3.63, 3.8) is 0 Å². The van der Waals surface area contributed by atoms with Crippen LogP contribution in [-0.2, 0) is 10.0 Å². The molecule has 1 heterocycles. The van der Waals surface area contributed by atoms with E-state index in [9.17, 15) is 8.42 Å². The van der Waals surface area contributed by atoms with E-state index in [0.717, 1.165) is 0 Å². The molecule has 1 aromatic carbocycles. The van der Waals surface area contributed by atoms with Crippen LogP contribution in [0.5, 0.6) is 0 Å². The highest BCUT2D eigenvalue weighted by Gasteiger charge is 2.31. The normalized spacial score (nSPS) is 24.2. The van der Waals surface area contributed by atoms with E-state index in [1.165, 1.54) is 4.31 Å². The lowest BCUT2D eigenvalue weighted by atomic mass is 10.2. The molecule has 20 heavy (non-hydrogen) atoms. The van der Waals surface area contributed by atoms with E-state index < -0.39 is 10.0 Å². The Morgan fingerprint density at radius 1 is 1.30 bits per heavy atom. The minimum atomic E-state index is -3.46. The Kier molecular flexibility index (Phi) is 6.32. The van der Waals surface area contributed by atoms with Crippen LogP contribution in [-0.4, -0.2) is 37.9 Å². The molecule has 114 valence electrons. The Morgan fingerprint density at radius 3 is 2.35 bits per heavy atom. The van der Waals surface area contributed by atoms with Crippen LogP contribution in [0.1, 0.15) is 13.8 Å². The predicted molar refractivity (Wildman–Crippen MR) is 87.2 cm³/mol. The summed E-state index contributed by atoms with van der Waals surface area (Å²) in [4.78, 5) is 0.269. The number of sulfonamides is 1. The Hall–Kier alpha value is 0.150. The summed E-state index contributed by atoms with van der Waals surface area (Å²) < 4.78 is 27.3. The maximum atomic E-state index is 12.6. The maximum absolute atomic E-state index is 12.6. The lowest BCUT2D eigenvalue weighted by Gasteiger charge is -2.35. The lowest BCUT2D eigenvalue weighted by molar-refractivity contribution is 0.263. The van der Waals surface area contributed by atoms with Crippen molar-refractivity contribution in [2.45, 2.75) is 30.8 Å². The van der Waals surface area contributed by atoms with Crippen molar-refractivity contribution in [2.24, 2.45) is 0 Å². The summed E-state index contributed by atoms with van der Waals surface area (Å²) in [5.74, 6) is 0. The number of hydrogen-bond donors (Lipinski definition) is 1. The molecule has 1 aromatic rings. The molecule has 0 aliphatic carbocycles. The smallest absolute Gasteiger partial charge is 0.243 e. The van der Waals surface area contributed by atoms with Gasteiger partial charge in [-0.3, -0.25) is 0 Å². The van der Waals surface area contributed by atoms with Crippen molar-refractivity contribution in [1.82, 2.24) is 9.62 Å². The minimum Gasteiger partial charge on any atom is -0.309 e. The molecule has 2 rings (SSSR count). The first-order valence-electron chi connectivity index (χ1n) is 6.02. The van der Waals surface area contributed by atoms with Crippen LogP contribution in [0.3, 0.4) is 0 Å². The van der Waals surface area contributed by atoms with Gasteiger partial charge < -0.3 is 5.32 Å². The topological polar surface area (TPSA) is 49.4 Å². The number of benzene rings is 1. The Morgan fingerprint density at radius 2 is 1.85 bits per heavy atom. The summed E-state index contributed by atoms with van der Waals surface area (Å²) in [6, 6.07) is 4.98. The van der Waals surface area contributed by atoms with Gasteiger partial charge in [-0.25, -0.2) is 8.42 Å². The van der Waals surface area contributed by atoms with Crippen molar-refractivity contribution in [2.75, 3.05) is 13.1 Å². The highest BCUT2D eigenvalue weighted by atomic mass is 79.9. The van der Waals surface area contributed by atoms with Crippen molar-refractivity contribution < 1.29 is 8.42 Å². The lowest BCUT2D eigenvalue weighted by Crippen LogP contribution is -2.55. The highest BCUT2D eigenvalue weighted by Crippen LogP contribution is 2.27. The molecule has 0 saturated carbocycles. The second kappa shape index (κ2) is 6.94. The highest BCUT2D eigenvalue weighted by molar-refractivity contribution is 9.10. The van der Waals surface area contributed by atoms with Crippen LogP contribution in [0.4, 0.5) is 0 Å². The molecule has 2 atom stereocenters. The van der Waals surface area contributed by atoms with E-state index in [-0.39, 0.29) is 29.4 Å². The number of piperazine rings is 1. The first kappa shape index (κ1) is 18.2. The molecule has 1 aliphatic rings. The molecule has 8 heteroatoms. The Balaban J connectivity index is 0.00000200. The summed E-state index contributed by atoms with van der Waals surface area (Å²) in [6.45, 7) is 4.92. The summed E-state index contributed by atoms with van der Waals surface area (Å²) in [6.07, 6.45) is 0. The van der Waals surface area contributed by atoms with Gasteiger partial charge in [-0.05, 0) is 48.0 Å². The van der Waals surface area contributed by atoms with Gasteiger partial charge in [0.05, 0.1) is 9.92 Å². The first-order chi connectivity index (χ1) is 8.80. The monoisotopic (exact) mass is 402 g/mol. The zero-order valence-corrected chi connectivity index (χ0v) is 15.1. The second-order valence-corrected chi connectivity index (χ2v) is 8.07. The standard InChI is InChI=1S/C12H16BrClN2O2S.ClH/c1-8-6-16(7-9(2)15-8)19(17,18)10-3-4-12(14)11(13)5-10;/h3-5,8-9,15H,6-7H2,1-2H3;1H. The molecule has 0 aromatic heterocycles. The van der Waals surface area contributed by atoms with Crippen LogP contribution in [0.2, 0.25) is 5.02 Å². The molecule has 4 nitrogen and oxygen atoms in total. The van der Waals surface area contributed by atoms with Crippen LogP contribution >= 0.6 is 39.9 Å². The third-order valence-corrected chi connectivity index (χ3v) is 6.09. The number of nitrogens with zero attached hydrogens (tertiary/aromatic N) is 1. The van der Waals surface area contributed by atoms with E-state index in [4.69, 9.17) is 11.6 Å². The van der Waals surface area contributed by atoms with Crippen molar-refractivity contribution >= 4 is 50.0 Å². The van der Waals surface area contributed by atoms with Crippen LogP contribution in [0, 0.1) is 0 Å². The van der Waals surface area contributed by atoms with E-state index in [1.54, 1.807) is 18.2 Å². The number of halogens is 3. The summed E-state index contributed by atoms with van der Waals surface area (Å²) in [5.41, 5.74) is 0. The Labute approximate surface area is 139 Å². The largest absolute Gasteiger partial charge is 0.309 e. The van der Waals surface area contributed by atoms with E-state index >= 15 is 0 Å². The zero-order valence-electron chi connectivity index (χ0n) is 11.1. The van der Waals surface area contributed by atoms with E-state index in [2.05, 4.69) is 21.2 Å². The summed E-state index contributed by atoms with van der Waals surface area (Å²) in [7, 11) is -3.46. The molecule has 1 fully saturated rings. The minimum absolute atomic E-state index is 0. The fraction of sp³-hybridized carbons (Fsp3) is 0.500. The third-order valence-electron chi connectivity index (χ3n) is 3.05. The zero-order chi connectivity index (χ0) is 14.2. The fourth-order valence-electron chi connectivity index (χ4n) is 2.26. The molecule has 1 N–H and O–H groups in total. The van der Waals surface area contributed by atoms with Gasteiger partial charge in [0.25, 0.3) is 0 Å². The van der Waals surface area contributed by atoms with Crippen molar-refractivity contribution in [1.29, 1.82) is 0 Å². The van der Waals surface area contributed by atoms with Gasteiger partial charge in [0.15, 0.2) is 0 Å². The fourth-order valence-corrected chi connectivity index (χ4v) is 4.55. The van der Waals surface area contributed by atoms with Gasteiger partial charge in [0.1, 0.15) is 0 Å². The molecule has 0 radical (unpaired) electrons. The van der Waals surface area contributed by atoms with E-state index in [1.807, 2.05) is 13.8 Å². The van der Waals surface area contributed by atoms with Crippen LogP contribution in [0.15, 0.2) is 27.6 Å². The van der Waals surface area contributed by atoms with Gasteiger partial charge in [-0.1, -0.05) is 11.6 Å². The number of hydrogen-bond acceptors (Lipinski definition) is 3. The van der Waals surface area contributed by atoms with Gasteiger partial charge in [0.2, 0.25) is 10.0 Å². The van der Waals surface area contributed by atoms with Crippen LogP contribution in [0.25, 0.3) is 0 Å². The third kappa shape index (κ3) is 3.87. The summed E-state index contributed by atoms with van der Waals surface area (Å²) >= 11 is 9.16. The van der Waals surface area contributed by atoms with Crippen molar-refractivity contribution in [3.05, 3.63) is 27.7 Å². The maximum Gasteiger partial charge on any atom is 0.243 e. The molecule has 0 amide bonds. The van der Waals surface area contributed by atoms with Gasteiger partial charge >= 0.3 is 0 Å². The Bertz CT molecular complexity index is 573. The molecule has 2 unspecified atom stereocenters. The number of rotatable bonds is 2. The average molecular weight is 404 g/mol. The number of nitrogens with one attached hydrogen (secondary N) is 1. The van der Waals surface area contributed by atoms with Crippen molar-refractivity contribution in [3.8, 4) is 0 Å². The predicted octanol–water partition coefficient (Wildman–Crippen LogP) is 2.90. The van der Waals surface area contributed by atoms with Gasteiger partial charge in [0, 0.05) is 29.6 Å². The molecular weight excluding hydrogens is 387 g/mol. The average Bonchev–Trinajstić information content (AvgIpc) is 2.31. The quantitative estimate of drug-likeness (QED) is 0.825.